The van der Waals surface area contributed by atoms with Gasteiger partial charge in [0.25, 0.3) is 0 Å². The van der Waals surface area contributed by atoms with E-state index in [-0.39, 0.29) is 17.1 Å². The number of ketones is 1. The van der Waals surface area contributed by atoms with Crippen LogP contribution in [-0.4, -0.2) is 18.9 Å². The van der Waals surface area contributed by atoms with Gasteiger partial charge in [-0.05, 0) is 42.7 Å². The summed E-state index contributed by atoms with van der Waals surface area (Å²) in [5.41, 5.74) is 2.18. The van der Waals surface area contributed by atoms with Crippen LogP contribution in [0.3, 0.4) is 0 Å². The molecule has 5 nitrogen and oxygen atoms in total. The van der Waals surface area contributed by atoms with Gasteiger partial charge in [0.2, 0.25) is 0 Å². The molecule has 1 aliphatic carbocycles. The molecule has 2 aliphatic rings. The first kappa shape index (κ1) is 19.1. The van der Waals surface area contributed by atoms with Gasteiger partial charge in [0.1, 0.15) is 17.6 Å². The molecule has 1 aliphatic heterocycles. The van der Waals surface area contributed by atoms with Crippen LogP contribution < -0.4 is 10.6 Å². The molecule has 0 spiro atoms. The highest BCUT2D eigenvalue weighted by molar-refractivity contribution is 6.11. The summed E-state index contributed by atoms with van der Waals surface area (Å²) < 4.78 is 33.5. The average Bonchev–Trinajstić information content (AvgIpc) is 2.86. The molecule has 4 rings (SSSR count). The number of methoxy groups -OCH3 is 1. The lowest BCUT2D eigenvalue weighted by Crippen LogP contribution is -2.39. The van der Waals surface area contributed by atoms with Gasteiger partial charge < -0.3 is 15.4 Å². The number of para-hydroxylation sites is 2. The second kappa shape index (κ2) is 7.31. The zero-order valence-electron chi connectivity index (χ0n) is 16.0. The Hall–Kier alpha value is -3.22. The first-order valence-electron chi connectivity index (χ1n) is 9.33. The SMILES string of the molecule is COC(=O)C1C(=O)C2=C(CC1C)Nc1ccccc1NC2c1cc(F)ccc1F. The van der Waals surface area contributed by atoms with Crippen molar-refractivity contribution in [3.8, 4) is 0 Å². The third-order valence-corrected chi connectivity index (χ3v) is 5.49. The summed E-state index contributed by atoms with van der Waals surface area (Å²) in [6.07, 6.45) is 0.393. The molecule has 0 radical (unpaired) electrons. The maximum Gasteiger partial charge on any atom is 0.316 e. The number of anilines is 2. The van der Waals surface area contributed by atoms with Crippen molar-refractivity contribution < 1.29 is 23.1 Å². The minimum Gasteiger partial charge on any atom is -0.468 e. The molecule has 2 aromatic carbocycles. The molecule has 0 aromatic heterocycles. The maximum atomic E-state index is 14.7. The Kier molecular flexibility index (Phi) is 4.82. The highest BCUT2D eigenvalue weighted by Crippen LogP contribution is 2.44. The second-order valence-corrected chi connectivity index (χ2v) is 7.35. The Morgan fingerprint density at radius 3 is 2.59 bits per heavy atom. The van der Waals surface area contributed by atoms with Crippen molar-refractivity contribution in [1.82, 2.24) is 0 Å². The van der Waals surface area contributed by atoms with E-state index in [0.717, 1.165) is 23.9 Å². The number of halogens is 2. The topological polar surface area (TPSA) is 67.4 Å². The highest BCUT2D eigenvalue weighted by Gasteiger charge is 2.44. The number of hydrogen-bond donors (Lipinski definition) is 2. The number of hydrogen-bond acceptors (Lipinski definition) is 5. The van der Waals surface area contributed by atoms with E-state index in [9.17, 15) is 18.4 Å². The third-order valence-electron chi connectivity index (χ3n) is 5.49. The molecule has 7 heteroatoms. The number of benzene rings is 2. The molecule has 0 bridgehead atoms. The monoisotopic (exact) mass is 398 g/mol. The van der Waals surface area contributed by atoms with Crippen LogP contribution in [0.25, 0.3) is 0 Å². The normalized spacial score (nSPS) is 23.3. The number of esters is 1. The Balaban J connectivity index is 1.91. The first-order valence-corrected chi connectivity index (χ1v) is 9.33. The zero-order chi connectivity index (χ0) is 20.7. The summed E-state index contributed by atoms with van der Waals surface area (Å²) >= 11 is 0. The van der Waals surface area contributed by atoms with Crippen LogP contribution >= 0.6 is 0 Å². The molecular formula is C22H20F2N2O3. The van der Waals surface area contributed by atoms with Crippen LogP contribution in [0.4, 0.5) is 20.2 Å². The lowest BCUT2D eigenvalue weighted by Gasteiger charge is -2.32. The summed E-state index contributed by atoms with van der Waals surface area (Å²) in [6.45, 7) is 1.80. The van der Waals surface area contributed by atoms with Crippen molar-refractivity contribution in [3.63, 3.8) is 0 Å². The van der Waals surface area contributed by atoms with E-state index in [2.05, 4.69) is 10.6 Å². The number of Topliss-reactive ketones (excluding diaryl/α,β-unsaturated/α-hetero) is 1. The summed E-state index contributed by atoms with van der Waals surface area (Å²) in [7, 11) is 1.23. The lowest BCUT2D eigenvalue weighted by atomic mass is 9.74. The maximum absolute atomic E-state index is 14.7. The van der Waals surface area contributed by atoms with Crippen molar-refractivity contribution in [3.05, 3.63) is 70.9 Å². The van der Waals surface area contributed by atoms with Crippen LogP contribution in [0, 0.1) is 23.5 Å². The zero-order valence-corrected chi connectivity index (χ0v) is 16.0. The van der Waals surface area contributed by atoms with E-state index in [1.807, 2.05) is 12.1 Å². The standard InChI is InChI=1S/C22H20F2N2O3/c1-11-9-17-19(21(27)18(11)22(28)29-2)20(13-10-12(23)7-8-14(13)24)26-16-6-4-3-5-15(16)25-17/h3-8,10-11,18,20,25-26H,9H2,1-2H3. The van der Waals surface area contributed by atoms with Crippen LogP contribution in [0.1, 0.15) is 24.9 Å². The Morgan fingerprint density at radius 1 is 1.14 bits per heavy atom. The molecule has 2 aromatic rings. The fraction of sp³-hybridized carbons (Fsp3) is 0.273. The quantitative estimate of drug-likeness (QED) is 0.586. The van der Waals surface area contributed by atoms with Crippen LogP contribution in [0.15, 0.2) is 53.7 Å². The number of allylic oxidation sites excluding steroid dienone is 1. The number of carbonyl (C=O) groups excluding carboxylic acids is 2. The number of fused-ring (bicyclic) bond motifs is 1. The Labute approximate surface area is 166 Å². The van der Waals surface area contributed by atoms with Crippen LogP contribution in [0.5, 0.6) is 0 Å². The van der Waals surface area contributed by atoms with Crippen LogP contribution in [-0.2, 0) is 14.3 Å². The molecule has 0 amide bonds. The van der Waals surface area contributed by atoms with Crippen molar-refractivity contribution in [2.24, 2.45) is 11.8 Å². The minimum absolute atomic E-state index is 0.00234. The molecule has 150 valence electrons. The molecule has 3 atom stereocenters. The van der Waals surface area contributed by atoms with Gasteiger partial charge >= 0.3 is 5.97 Å². The Morgan fingerprint density at radius 2 is 1.86 bits per heavy atom. The van der Waals surface area contributed by atoms with Gasteiger partial charge in [-0.15, -0.1) is 0 Å². The third kappa shape index (κ3) is 3.26. The highest BCUT2D eigenvalue weighted by atomic mass is 19.1. The molecule has 0 saturated carbocycles. The molecular weight excluding hydrogens is 378 g/mol. The van der Waals surface area contributed by atoms with Gasteiger partial charge in [-0.3, -0.25) is 9.59 Å². The molecule has 0 saturated heterocycles. The number of ether oxygens (including phenoxy) is 1. The number of carbonyl (C=O) groups is 2. The lowest BCUT2D eigenvalue weighted by molar-refractivity contribution is -0.151. The van der Waals surface area contributed by atoms with Gasteiger partial charge in [0.15, 0.2) is 5.78 Å². The predicted molar refractivity (Wildman–Crippen MR) is 104 cm³/mol. The van der Waals surface area contributed by atoms with Crippen LogP contribution in [0.2, 0.25) is 0 Å². The summed E-state index contributed by atoms with van der Waals surface area (Å²) in [4.78, 5) is 25.7. The predicted octanol–water partition coefficient (Wildman–Crippen LogP) is 4.20. The average molecular weight is 398 g/mol. The molecule has 3 unspecified atom stereocenters. The van der Waals surface area contributed by atoms with Gasteiger partial charge in [-0.2, -0.15) is 0 Å². The second-order valence-electron chi connectivity index (χ2n) is 7.35. The summed E-state index contributed by atoms with van der Waals surface area (Å²) in [5.74, 6) is -3.64. The smallest absolute Gasteiger partial charge is 0.316 e. The van der Waals surface area contributed by atoms with E-state index >= 15 is 0 Å². The number of nitrogens with one attached hydrogen (secondary N) is 2. The Bertz CT molecular complexity index is 1030. The molecule has 1 heterocycles. The van der Waals surface area contributed by atoms with Crippen molar-refractivity contribution in [2.75, 3.05) is 17.7 Å². The molecule has 29 heavy (non-hydrogen) atoms. The van der Waals surface area contributed by atoms with Gasteiger partial charge in [-0.25, -0.2) is 8.78 Å². The fourth-order valence-corrected chi connectivity index (χ4v) is 4.10. The largest absolute Gasteiger partial charge is 0.468 e. The van der Waals surface area contributed by atoms with Gasteiger partial charge in [-0.1, -0.05) is 19.1 Å². The van der Waals surface area contributed by atoms with Crippen molar-refractivity contribution in [1.29, 1.82) is 0 Å². The minimum atomic E-state index is -0.998. The number of rotatable bonds is 2. The van der Waals surface area contributed by atoms with E-state index in [1.165, 1.54) is 7.11 Å². The van der Waals surface area contributed by atoms with Gasteiger partial charge in [0, 0.05) is 16.8 Å². The molecule has 2 N–H and O–H groups in total. The summed E-state index contributed by atoms with van der Waals surface area (Å²) in [6, 6.07) is 9.44. The van der Waals surface area contributed by atoms with Crippen molar-refractivity contribution in [2.45, 2.75) is 19.4 Å². The van der Waals surface area contributed by atoms with E-state index in [4.69, 9.17) is 4.74 Å². The fourth-order valence-electron chi connectivity index (χ4n) is 4.10. The van der Waals surface area contributed by atoms with Gasteiger partial charge in [0.05, 0.1) is 24.5 Å². The van der Waals surface area contributed by atoms with E-state index < -0.39 is 35.3 Å². The summed E-state index contributed by atoms with van der Waals surface area (Å²) in [5, 5.41) is 6.43. The van der Waals surface area contributed by atoms with Crippen molar-refractivity contribution >= 4 is 23.1 Å². The van der Waals surface area contributed by atoms with E-state index in [0.29, 0.717) is 17.8 Å². The first-order chi connectivity index (χ1) is 13.9. The molecule has 0 fully saturated rings. The van der Waals surface area contributed by atoms with E-state index in [1.54, 1.807) is 19.1 Å².